The normalized spacial score (nSPS) is 25.2. The van der Waals surface area contributed by atoms with Crippen LogP contribution in [0, 0.1) is 23.1 Å². The van der Waals surface area contributed by atoms with E-state index in [1.165, 1.54) is 28.8 Å². The van der Waals surface area contributed by atoms with E-state index in [1.807, 2.05) is 6.07 Å². The third-order valence-electron chi connectivity index (χ3n) is 8.00. The van der Waals surface area contributed by atoms with Crippen molar-refractivity contribution in [1.82, 2.24) is 14.6 Å². The molecule has 0 unspecified atom stereocenters. The van der Waals surface area contributed by atoms with Crippen LogP contribution < -0.4 is 11.1 Å². The second-order valence-corrected chi connectivity index (χ2v) is 10.8. The lowest BCUT2D eigenvalue weighted by Crippen LogP contribution is -2.43. The number of aromatic nitrogens is 3. The molecule has 2 aromatic heterocycles. The van der Waals surface area contributed by atoms with Gasteiger partial charge in [-0.3, -0.25) is 9.59 Å². The summed E-state index contributed by atoms with van der Waals surface area (Å²) in [6, 6.07) is 9.67. The van der Waals surface area contributed by atoms with Crippen molar-refractivity contribution in [3.8, 4) is 6.07 Å². The van der Waals surface area contributed by atoms with Crippen LogP contribution in [0.25, 0.3) is 5.52 Å². The molecule has 5 rings (SSSR count). The highest BCUT2D eigenvalue weighted by Crippen LogP contribution is 2.42. The maximum atomic E-state index is 13.2. The van der Waals surface area contributed by atoms with Gasteiger partial charge in [0.15, 0.2) is 11.9 Å². The second-order valence-electron chi connectivity index (χ2n) is 10.8. The van der Waals surface area contributed by atoms with Crippen molar-refractivity contribution in [3.63, 3.8) is 0 Å². The Balaban J connectivity index is 1.35. The zero-order chi connectivity index (χ0) is 29.9. The Hall–Kier alpha value is -3.96. The number of carbonyl (C=O) groups is 2. The molecule has 0 bridgehead atoms. The van der Waals surface area contributed by atoms with Crippen molar-refractivity contribution in [2.45, 2.75) is 74.9 Å². The quantitative estimate of drug-likeness (QED) is 0.272. The highest BCUT2D eigenvalue weighted by atomic mass is 19.1. The van der Waals surface area contributed by atoms with Crippen LogP contribution in [0.15, 0.2) is 42.7 Å². The lowest BCUT2D eigenvalue weighted by Gasteiger charge is -2.25. The first kappa shape index (κ1) is 29.5. The predicted octanol–water partition coefficient (Wildman–Crippen LogP) is 1.73. The Kier molecular flexibility index (Phi) is 8.79. The molecular formula is C29H33FN6O6. The summed E-state index contributed by atoms with van der Waals surface area (Å²) in [6.07, 6.45) is 2.49. The zero-order valence-electron chi connectivity index (χ0n) is 22.9. The fourth-order valence-electron chi connectivity index (χ4n) is 5.77. The molecule has 1 saturated carbocycles. The Bertz CT molecular complexity index is 1470. The third-order valence-corrected chi connectivity index (χ3v) is 8.00. The number of fused-ring (bicyclic) bond motifs is 1. The van der Waals surface area contributed by atoms with Crippen LogP contribution in [0.2, 0.25) is 0 Å². The number of benzene rings is 1. The Morgan fingerprint density at radius 3 is 2.67 bits per heavy atom. The fraction of sp³-hybridized carbons (Fsp3) is 0.483. The van der Waals surface area contributed by atoms with E-state index in [4.69, 9.17) is 15.2 Å². The van der Waals surface area contributed by atoms with Gasteiger partial charge in [-0.2, -0.15) is 10.4 Å². The molecule has 0 spiro atoms. The van der Waals surface area contributed by atoms with Crippen molar-refractivity contribution in [1.29, 1.82) is 5.26 Å². The fourth-order valence-corrected chi connectivity index (χ4v) is 5.77. The number of aliphatic hydroxyl groups excluding tert-OH is 2. The van der Waals surface area contributed by atoms with Crippen LogP contribution in [0.4, 0.5) is 10.2 Å². The van der Waals surface area contributed by atoms with Gasteiger partial charge in [-0.05, 0) is 55.0 Å². The van der Waals surface area contributed by atoms with Gasteiger partial charge in [-0.25, -0.2) is 13.9 Å². The van der Waals surface area contributed by atoms with E-state index in [0.29, 0.717) is 5.56 Å². The highest BCUT2D eigenvalue weighted by Gasteiger charge is 2.59. The molecule has 1 amide bonds. The van der Waals surface area contributed by atoms with Gasteiger partial charge in [-0.15, -0.1) is 0 Å². The smallest absolute Gasteiger partial charge is 0.306 e. The molecule has 5 atom stereocenters. The number of nitrogens with zero attached hydrogens (tertiary/aromatic N) is 4. The third kappa shape index (κ3) is 5.84. The van der Waals surface area contributed by atoms with Crippen LogP contribution >= 0.6 is 0 Å². The first-order chi connectivity index (χ1) is 20.3. The number of hydrogen-bond acceptors (Lipinski definition) is 10. The van der Waals surface area contributed by atoms with Gasteiger partial charge in [0.1, 0.15) is 35.9 Å². The van der Waals surface area contributed by atoms with E-state index in [0.717, 1.165) is 38.4 Å². The number of nitrogens with two attached hydrogens (primary N) is 1. The molecule has 3 heterocycles. The van der Waals surface area contributed by atoms with E-state index >= 15 is 0 Å². The molecular weight excluding hydrogens is 547 g/mol. The SMILES string of the molecule is N#C[C@@]1(c2ccc3c(NC(=O)[C@@H](N)Cc4ccc(F)cc4)ncnn23)O[C@H](CO)[C@@H](OC(=O)CC2CCCCC2)[C@H]1O. The predicted molar refractivity (Wildman–Crippen MR) is 146 cm³/mol. The van der Waals surface area contributed by atoms with E-state index in [9.17, 15) is 29.5 Å². The van der Waals surface area contributed by atoms with Crippen LogP contribution in [-0.4, -0.2) is 67.6 Å². The van der Waals surface area contributed by atoms with Gasteiger partial charge < -0.3 is 30.7 Å². The summed E-state index contributed by atoms with van der Waals surface area (Å²) in [5.74, 6) is -1.19. The molecule has 2 fully saturated rings. The van der Waals surface area contributed by atoms with Gasteiger partial charge in [0.05, 0.1) is 18.3 Å². The molecule has 1 aliphatic heterocycles. The maximum Gasteiger partial charge on any atom is 0.306 e. The summed E-state index contributed by atoms with van der Waals surface area (Å²) in [5.41, 5.74) is 5.06. The van der Waals surface area contributed by atoms with Crippen LogP contribution in [-0.2, 0) is 31.1 Å². The van der Waals surface area contributed by atoms with E-state index in [-0.39, 0.29) is 35.8 Å². The van der Waals surface area contributed by atoms with Gasteiger partial charge in [0, 0.05) is 6.42 Å². The van der Waals surface area contributed by atoms with E-state index in [1.54, 1.807) is 12.1 Å². The number of carbonyl (C=O) groups excluding carboxylic acids is 2. The number of hydrogen-bond donors (Lipinski definition) is 4. The van der Waals surface area contributed by atoms with Crippen molar-refractivity contribution in [2.75, 3.05) is 11.9 Å². The maximum absolute atomic E-state index is 13.2. The number of rotatable bonds is 9. The number of amides is 1. The molecule has 42 heavy (non-hydrogen) atoms. The summed E-state index contributed by atoms with van der Waals surface area (Å²) in [5, 5.41) is 38.4. The Morgan fingerprint density at radius 2 is 1.98 bits per heavy atom. The standard InChI is InChI=1S/C29H33FN6O6/c30-19-8-6-18(7-9-19)12-20(32)28(40)35-27-21-10-11-23(36(21)34-16-33-27)29(15-31)26(39)25(22(14-37)42-29)41-24(38)13-17-4-2-1-3-5-17/h6-11,16-17,20,22,25-26,37,39H,1-5,12-14,32H2,(H,33,34,35,40)/t20-,22+,25+,26+,29-/m0/s1. The number of anilines is 1. The van der Waals surface area contributed by atoms with Crippen molar-refractivity contribution in [2.24, 2.45) is 11.7 Å². The molecule has 0 radical (unpaired) electrons. The minimum Gasteiger partial charge on any atom is -0.457 e. The Labute approximate surface area is 241 Å². The van der Waals surface area contributed by atoms with Crippen molar-refractivity contribution >= 4 is 23.2 Å². The summed E-state index contributed by atoms with van der Waals surface area (Å²) in [4.78, 5) is 29.7. The summed E-state index contributed by atoms with van der Waals surface area (Å²) < 4.78 is 26.0. The number of halogens is 1. The molecule has 222 valence electrons. The molecule has 2 aliphatic rings. The van der Waals surface area contributed by atoms with Crippen molar-refractivity contribution < 1.29 is 33.7 Å². The van der Waals surface area contributed by atoms with Gasteiger partial charge in [-0.1, -0.05) is 31.4 Å². The number of nitriles is 1. The largest absolute Gasteiger partial charge is 0.457 e. The topological polar surface area (TPSA) is 185 Å². The van der Waals surface area contributed by atoms with Crippen LogP contribution in [0.1, 0.15) is 49.8 Å². The molecule has 3 aromatic rings. The molecule has 1 aliphatic carbocycles. The molecule has 1 saturated heterocycles. The van der Waals surface area contributed by atoms with Gasteiger partial charge >= 0.3 is 5.97 Å². The first-order valence-corrected chi connectivity index (χ1v) is 14.0. The summed E-state index contributed by atoms with van der Waals surface area (Å²) >= 11 is 0. The molecule has 1 aromatic carbocycles. The number of nitrogens with one attached hydrogen (secondary N) is 1. The number of aliphatic hydroxyl groups is 2. The number of esters is 1. The van der Waals surface area contributed by atoms with Gasteiger partial charge in [0.2, 0.25) is 11.5 Å². The second kappa shape index (κ2) is 12.5. The number of ether oxygens (including phenoxy) is 2. The Morgan fingerprint density at radius 1 is 1.24 bits per heavy atom. The summed E-state index contributed by atoms with van der Waals surface area (Å²) in [7, 11) is 0. The molecule has 13 heteroatoms. The van der Waals surface area contributed by atoms with Gasteiger partial charge in [0.25, 0.3) is 0 Å². The van der Waals surface area contributed by atoms with Crippen LogP contribution in [0.3, 0.4) is 0 Å². The van der Waals surface area contributed by atoms with Crippen molar-refractivity contribution in [3.05, 3.63) is 59.8 Å². The summed E-state index contributed by atoms with van der Waals surface area (Å²) in [6.45, 7) is -0.604. The first-order valence-electron chi connectivity index (χ1n) is 14.0. The van der Waals surface area contributed by atoms with E-state index in [2.05, 4.69) is 15.4 Å². The van der Waals surface area contributed by atoms with Crippen LogP contribution in [0.5, 0.6) is 0 Å². The zero-order valence-corrected chi connectivity index (χ0v) is 22.9. The molecule has 5 N–H and O–H groups in total. The minimum absolute atomic E-state index is 0.0882. The average molecular weight is 581 g/mol. The lowest BCUT2D eigenvalue weighted by atomic mass is 9.87. The highest BCUT2D eigenvalue weighted by molar-refractivity contribution is 5.97. The average Bonchev–Trinajstić information content (AvgIpc) is 3.55. The van der Waals surface area contributed by atoms with E-state index < -0.39 is 54.3 Å². The molecule has 12 nitrogen and oxygen atoms in total. The monoisotopic (exact) mass is 580 g/mol. The lowest BCUT2D eigenvalue weighted by molar-refractivity contribution is -0.158. The minimum atomic E-state index is -2.05.